The summed E-state index contributed by atoms with van der Waals surface area (Å²) in [6.07, 6.45) is 14.0. The van der Waals surface area contributed by atoms with Crippen molar-refractivity contribution in [3.63, 3.8) is 0 Å². The maximum atomic E-state index is 14.0. The van der Waals surface area contributed by atoms with E-state index in [-0.39, 0.29) is 22.5 Å². The Kier molecular flexibility index (Phi) is 10.5. The van der Waals surface area contributed by atoms with Crippen molar-refractivity contribution in [2.45, 2.75) is 76.3 Å². The first-order valence-electron chi connectivity index (χ1n) is 22.5. The van der Waals surface area contributed by atoms with Crippen molar-refractivity contribution in [3.05, 3.63) is 108 Å². The summed E-state index contributed by atoms with van der Waals surface area (Å²) in [5.74, 6) is 1.20. The Bertz CT molecular complexity index is 3480. The second-order valence-electron chi connectivity index (χ2n) is 18.4. The molecule has 4 aliphatic heterocycles. The van der Waals surface area contributed by atoms with Crippen LogP contribution in [0.15, 0.2) is 73.6 Å². The summed E-state index contributed by atoms with van der Waals surface area (Å²) in [5.41, 5.74) is 8.01. The van der Waals surface area contributed by atoms with E-state index in [1.165, 1.54) is 37.3 Å². The molecule has 2 saturated heterocycles. The minimum Gasteiger partial charge on any atom is -0.327 e. The first kappa shape index (κ1) is 44.2. The van der Waals surface area contributed by atoms with Gasteiger partial charge in [-0.05, 0) is 101 Å². The fraction of sp³-hybridized carbons (Fsp3) is 0.391. The summed E-state index contributed by atoms with van der Waals surface area (Å²) < 4.78 is 87.2. The van der Waals surface area contributed by atoms with Gasteiger partial charge in [-0.25, -0.2) is 73.2 Å². The van der Waals surface area contributed by atoms with Crippen molar-refractivity contribution in [2.24, 2.45) is 0 Å². The van der Waals surface area contributed by atoms with E-state index in [1.807, 2.05) is 36.7 Å². The predicted octanol–water partition coefficient (Wildman–Crippen LogP) is 5.60. The summed E-state index contributed by atoms with van der Waals surface area (Å²) in [4.78, 5) is 27.8. The molecule has 18 nitrogen and oxygen atoms in total. The first-order chi connectivity index (χ1) is 32.5. The Hall–Kier alpha value is -6.36. The van der Waals surface area contributed by atoms with Crippen molar-refractivity contribution in [1.82, 2.24) is 66.9 Å². The highest BCUT2D eigenvalue weighted by Crippen LogP contribution is 2.49. The molecule has 0 N–H and O–H groups in total. The molecule has 0 unspecified atom stereocenters. The normalized spacial score (nSPS) is 18.1. The van der Waals surface area contributed by atoms with Gasteiger partial charge in [-0.3, -0.25) is 0 Å². The second kappa shape index (κ2) is 16.1. The maximum absolute atomic E-state index is 14.0. The third-order valence-corrected chi connectivity index (χ3v) is 17.0. The molecule has 12 heterocycles. The molecule has 0 amide bonds. The lowest BCUT2D eigenvalue weighted by molar-refractivity contribution is 0.228. The van der Waals surface area contributed by atoms with E-state index < -0.39 is 20.0 Å². The second-order valence-corrected chi connectivity index (χ2v) is 22.4. The number of aromatic nitrogens is 12. The van der Waals surface area contributed by atoms with Gasteiger partial charge in [0.15, 0.2) is 11.3 Å². The minimum atomic E-state index is -3.22. The van der Waals surface area contributed by atoms with Crippen molar-refractivity contribution >= 4 is 31.3 Å². The summed E-state index contributed by atoms with van der Waals surface area (Å²) >= 11 is 0. The number of sulfonamides is 2. The van der Waals surface area contributed by atoms with Crippen molar-refractivity contribution in [3.8, 4) is 45.3 Å². The van der Waals surface area contributed by atoms with Crippen LogP contribution in [0.25, 0.3) is 56.6 Å². The predicted molar refractivity (Wildman–Crippen MR) is 248 cm³/mol. The molecule has 8 aromatic rings. The topological polar surface area (TPSA) is 197 Å². The summed E-state index contributed by atoms with van der Waals surface area (Å²) in [6.45, 7) is 6.75. The molecular weight excluding hydrogens is 915 g/mol. The first-order valence-corrected chi connectivity index (χ1v) is 26.2. The molecule has 22 heteroatoms. The highest BCUT2D eigenvalue weighted by Gasteiger charge is 2.48. The zero-order chi connectivity index (χ0) is 47.3. The van der Waals surface area contributed by atoms with Crippen LogP contribution in [-0.4, -0.2) is 122 Å². The highest BCUT2D eigenvalue weighted by atomic mass is 32.2. The lowest BCUT2D eigenvalue weighted by Crippen LogP contribution is -2.44. The molecule has 0 bridgehead atoms. The van der Waals surface area contributed by atoms with Gasteiger partial charge in [0.2, 0.25) is 20.0 Å². The van der Waals surface area contributed by atoms with Crippen LogP contribution in [0.1, 0.15) is 61.6 Å². The number of aryl methyl sites for hydroxylation is 2. The lowest BCUT2D eigenvalue weighted by atomic mass is 9.77. The SMILES string of the molecule is Cc1nc(-c2c(-c3ccc4ncnn4c3)nc3n2CCC32CCN(S(C)(=O)=O)CC2)ccc1F.Cc1nc(-c2nc3n(c2-c2ccc4ncnn4c2)CCC32CCN(S(C)(=O)=O)CC2)ccc1F. The van der Waals surface area contributed by atoms with Gasteiger partial charge in [-0.15, -0.1) is 0 Å². The smallest absolute Gasteiger partial charge is 0.211 e. The van der Waals surface area contributed by atoms with Crippen LogP contribution in [0.4, 0.5) is 8.78 Å². The number of hydrogen-bond donors (Lipinski definition) is 0. The van der Waals surface area contributed by atoms with E-state index in [0.29, 0.717) is 80.3 Å². The zero-order valence-electron chi connectivity index (χ0n) is 37.9. The number of rotatable bonds is 6. The van der Waals surface area contributed by atoms with Gasteiger partial charge in [0.25, 0.3) is 0 Å². The van der Waals surface area contributed by atoms with Crippen LogP contribution in [0.3, 0.4) is 0 Å². The van der Waals surface area contributed by atoms with Crippen LogP contribution in [-0.2, 0) is 44.0 Å². The molecular formula is C46H48F2N14O4S2. The largest absolute Gasteiger partial charge is 0.327 e. The van der Waals surface area contributed by atoms with Crippen LogP contribution in [0.5, 0.6) is 0 Å². The molecule has 8 aromatic heterocycles. The third kappa shape index (κ3) is 7.47. The van der Waals surface area contributed by atoms with E-state index in [2.05, 4.69) is 39.3 Å². The molecule has 0 aliphatic carbocycles. The average molecular weight is 963 g/mol. The molecule has 352 valence electrons. The molecule has 0 radical (unpaired) electrons. The van der Waals surface area contributed by atoms with Gasteiger partial charge in [-0.2, -0.15) is 10.2 Å². The number of pyridine rings is 4. The van der Waals surface area contributed by atoms with Crippen LogP contribution in [0, 0.1) is 25.5 Å². The van der Waals surface area contributed by atoms with Gasteiger partial charge in [0.1, 0.15) is 41.6 Å². The number of hydrogen-bond acceptors (Lipinski definition) is 12. The molecule has 68 heavy (non-hydrogen) atoms. The average Bonchev–Trinajstić information content (AvgIpc) is 4.18. The number of halogens is 2. The fourth-order valence-electron chi connectivity index (χ4n) is 10.7. The van der Waals surface area contributed by atoms with Gasteiger partial charge in [-0.1, -0.05) is 0 Å². The summed E-state index contributed by atoms with van der Waals surface area (Å²) in [5, 5.41) is 8.53. The van der Waals surface area contributed by atoms with Crippen LogP contribution >= 0.6 is 0 Å². The van der Waals surface area contributed by atoms with Gasteiger partial charge >= 0.3 is 0 Å². The van der Waals surface area contributed by atoms with E-state index in [0.717, 1.165) is 77.1 Å². The minimum absolute atomic E-state index is 0.194. The Morgan fingerprint density at radius 1 is 0.515 bits per heavy atom. The van der Waals surface area contributed by atoms with Gasteiger partial charge < -0.3 is 9.13 Å². The molecule has 0 atom stereocenters. The van der Waals surface area contributed by atoms with Crippen LogP contribution in [0.2, 0.25) is 0 Å². The van der Waals surface area contributed by atoms with E-state index in [4.69, 9.17) is 9.97 Å². The molecule has 0 saturated carbocycles. The molecule has 2 spiro atoms. The molecule has 12 rings (SSSR count). The Morgan fingerprint density at radius 2 is 0.956 bits per heavy atom. The molecule has 0 aromatic carbocycles. The Labute approximate surface area is 390 Å². The molecule has 2 fully saturated rings. The van der Waals surface area contributed by atoms with E-state index >= 15 is 0 Å². The van der Waals surface area contributed by atoms with Gasteiger partial charge in [0.05, 0.1) is 52.4 Å². The van der Waals surface area contributed by atoms with Gasteiger partial charge in [0, 0.05) is 73.6 Å². The zero-order valence-corrected chi connectivity index (χ0v) is 39.5. The third-order valence-electron chi connectivity index (χ3n) is 14.4. The number of imidazole rings is 2. The monoisotopic (exact) mass is 962 g/mol. The Morgan fingerprint density at radius 3 is 1.47 bits per heavy atom. The Balaban J connectivity index is 0.000000149. The van der Waals surface area contributed by atoms with Crippen molar-refractivity contribution in [2.75, 3.05) is 38.7 Å². The summed E-state index contributed by atoms with van der Waals surface area (Å²) in [7, 11) is -6.44. The van der Waals surface area contributed by atoms with E-state index in [1.54, 1.807) is 43.6 Å². The molecule has 4 aliphatic rings. The number of fused-ring (bicyclic) bond motifs is 6. The number of nitrogens with zero attached hydrogens (tertiary/aromatic N) is 14. The van der Waals surface area contributed by atoms with Crippen molar-refractivity contribution in [1.29, 1.82) is 0 Å². The van der Waals surface area contributed by atoms with Crippen LogP contribution < -0.4 is 0 Å². The van der Waals surface area contributed by atoms with Crippen molar-refractivity contribution < 1.29 is 25.6 Å². The highest BCUT2D eigenvalue weighted by molar-refractivity contribution is 7.88. The standard InChI is InChI=1S/2C23H24FN7O2S/c1-15-17(24)4-5-18(27-15)20-21(16-3-6-19-25-14-26-31(19)13-16)30-12-9-23(22(30)28-20)7-10-29(11-8-23)34(2,32)33;1-15-17(24)4-5-18(27-15)21-20(16-3-6-19-25-14-26-31(19)13-16)28-22-23(9-12-30(21)22)7-10-29(11-8-23)34(2,32)33/h2*3-6,13-14H,7-12H2,1-2H3. The quantitative estimate of drug-likeness (QED) is 0.201. The summed E-state index contributed by atoms with van der Waals surface area (Å²) in [6, 6.07) is 14.0. The van der Waals surface area contributed by atoms with E-state index in [9.17, 15) is 25.6 Å². The number of piperidine rings is 2. The maximum Gasteiger partial charge on any atom is 0.211 e. The lowest BCUT2D eigenvalue weighted by Gasteiger charge is -2.37. The fourth-order valence-corrected chi connectivity index (χ4v) is 12.4.